The molecule has 0 spiro atoms. The van der Waals surface area contributed by atoms with Gasteiger partial charge in [0.25, 0.3) is 0 Å². The molecule has 3 heteroatoms. The average molecular weight is 272 g/mol. The van der Waals surface area contributed by atoms with Crippen molar-refractivity contribution in [3.63, 3.8) is 0 Å². The second-order valence-corrected chi connectivity index (χ2v) is 6.65. The van der Waals surface area contributed by atoms with Gasteiger partial charge in [0.2, 0.25) is 0 Å². The highest BCUT2D eigenvalue weighted by molar-refractivity contribution is 5.44. The number of aryl methyl sites for hydroxylation is 1. The van der Waals surface area contributed by atoms with Crippen molar-refractivity contribution in [2.24, 2.45) is 11.1 Å². The molecule has 2 N–H and O–H groups in total. The maximum absolute atomic E-state index is 13.1. The third-order valence-corrected chi connectivity index (χ3v) is 4.22. The van der Waals surface area contributed by atoms with Crippen LogP contribution in [0.5, 0.6) is 0 Å². The summed E-state index contributed by atoms with van der Waals surface area (Å²) < 4.78 is 15.3. The molecule has 1 heterocycles. The lowest BCUT2D eigenvalue weighted by Crippen LogP contribution is -2.30. The van der Waals surface area contributed by atoms with Gasteiger partial charge >= 0.3 is 0 Å². The Labute approximate surface area is 119 Å². The molecule has 3 rings (SSSR count). The minimum atomic E-state index is -0.204. The van der Waals surface area contributed by atoms with Gasteiger partial charge in [-0.05, 0) is 61.1 Å². The van der Waals surface area contributed by atoms with Gasteiger partial charge in [0.15, 0.2) is 0 Å². The minimum Gasteiger partial charge on any atom is -0.324 e. The molecule has 2 aromatic rings. The van der Waals surface area contributed by atoms with Crippen LogP contribution in [0.3, 0.4) is 0 Å². The second-order valence-electron chi connectivity index (χ2n) is 6.65. The highest BCUT2D eigenvalue weighted by Crippen LogP contribution is 2.41. The number of hydrogen-bond donors (Lipinski definition) is 1. The zero-order valence-electron chi connectivity index (χ0n) is 12.3. The molecule has 0 radical (unpaired) electrons. The monoisotopic (exact) mass is 272 g/mol. The van der Waals surface area contributed by atoms with E-state index < -0.39 is 0 Å². The maximum atomic E-state index is 13.1. The standard InChI is InChI=1S/C17H21FN2/c1-11-8-14-15(19)9-17(2,3)10-16(14)20(11)13-6-4-12(18)5-7-13/h4-8,15H,9-10,19H2,1-3H3. The van der Waals surface area contributed by atoms with Crippen LogP contribution in [0.15, 0.2) is 30.3 Å². The van der Waals surface area contributed by atoms with E-state index in [9.17, 15) is 4.39 Å². The molecule has 1 atom stereocenters. The van der Waals surface area contributed by atoms with Gasteiger partial charge in [-0.25, -0.2) is 4.39 Å². The molecule has 1 aromatic heterocycles. The highest BCUT2D eigenvalue weighted by atomic mass is 19.1. The fourth-order valence-corrected chi connectivity index (χ4v) is 3.40. The van der Waals surface area contributed by atoms with Gasteiger partial charge in [-0.15, -0.1) is 0 Å². The lowest BCUT2D eigenvalue weighted by Gasteiger charge is -2.34. The number of rotatable bonds is 1. The Morgan fingerprint density at radius 1 is 1.25 bits per heavy atom. The van der Waals surface area contributed by atoms with Gasteiger partial charge in [-0.3, -0.25) is 0 Å². The summed E-state index contributed by atoms with van der Waals surface area (Å²) >= 11 is 0. The fraction of sp³-hybridized carbons (Fsp3) is 0.412. The number of halogens is 1. The number of hydrogen-bond acceptors (Lipinski definition) is 1. The molecule has 0 aliphatic heterocycles. The maximum Gasteiger partial charge on any atom is 0.123 e. The number of nitrogens with two attached hydrogens (primary N) is 1. The molecule has 0 amide bonds. The van der Waals surface area contributed by atoms with Crippen LogP contribution in [-0.4, -0.2) is 4.57 Å². The van der Waals surface area contributed by atoms with Gasteiger partial charge in [0.05, 0.1) is 0 Å². The summed E-state index contributed by atoms with van der Waals surface area (Å²) in [5.74, 6) is -0.204. The molecule has 0 fully saturated rings. The van der Waals surface area contributed by atoms with Crippen molar-refractivity contribution in [1.82, 2.24) is 4.57 Å². The first kappa shape index (κ1) is 13.4. The van der Waals surface area contributed by atoms with Crippen LogP contribution >= 0.6 is 0 Å². The molecule has 0 bridgehead atoms. The summed E-state index contributed by atoms with van der Waals surface area (Å²) in [6, 6.07) is 8.95. The quantitative estimate of drug-likeness (QED) is 0.838. The molecular formula is C17H21FN2. The number of fused-ring (bicyclic) bond motifs is 1. The van der Waals surface area contributed by atoms with Crippen LogP contribution < -0.4 is 5.73 Å². The lowest BCUT2D eigenvalue weighted by atomic mass is 9.74. The summed E-state index contributed by atoms with van der Waals surface area (Å²) in [6.45, 7) is 6.60. The Kier molecular flexibility index (Phi) is 2.98. The van der Waals surface area contributed by atoms with Gasteiger partial charge in [0, 0.05) is 23.1 Å². The molecule has 1 aliphatic carbocycles. The van der Waals surface area contributed by atoms with Crippen molar-refractivity contribution in [1.29, 1.82) is 0 Å². The van der Waals surface area contributed by atoms with E-state index in [2.05, 4.69) is 31.4 Å². The predicted octanol–water partition coefficient (Wildman–Crippen LogP) is 3.90. The zero-order chi connectivity index (χ0) is 14.5. The third-order valence-electron chi connectivity index (χ3n) is 4.22. The molecule has 2 nitrogen and oxygen atoms in total. The average Bonchev–Trinajstić information content (AvgIpc) is 2.66. The molecule has 1 unspecified atom stereocenters. The number of aromatic nitrogens is 1. The third kappa shape index (κ3) is 2.16. The summed E-state index contributed by atoms with van der Waals surface area (Å²) in [5, 5.41) is 0. The van der Waals surface area contributed by atoms with Crippen LogP contribution in [-0.2, 0) is 6.42 Å². The smallest absolute Gasteiger partial charge is 0.123 e. The van der Waals surface area contributed by atoms with Gasteiger partial charge in [0.1, 0.15) is 5.82 Å². The molecule has 0 saturated carbocycles. The first-order valence-corrected chi connectivity index (χ1v) is 7.10. The van der Waals surface area contributed by atoms with E-state index in [0.29, 0.717) is 0 Å². The summed E-state index contributed by atoms with van der Waals surface area (Å²) in [4.78, 5) is 0. The highest BCUT2D eigenvalue weighted by Gasteiger charge is 2.33. The van der Waals surface area contributed by atoms with Crippen LogP contribution in [0.4, 0.5) is 4.39 Å². The van der Waals surface area contributed by atoms with Gasteiger partial charge in [-0.1, -0.05) is 13.8 Å². The first-order valence-electron chi connectivity index (χ1n) is 7.10. The Balaban J connectivity index is 2.16. The summed E-state index contributed by atoms with van der Waals surface area (Å²) in [5.41, 5.74) is 11.2. The van der Waals surface area contributed by atoms with Crippen LogP contribution in [0, 0.1) is 18.2 Å². The Morgan fingerprint density at radius 2 is 1.90 bits per heavy atom. The van der Waals surface area contributed by atoms with E-state index in [1.54, 1.807) is 0 Å². The van der Waals surface area contributed by atoms with E-state index >= 15 is 0 Å². The Bertz CT molecular complexity index is 638. The van der Waals surface area contributed by atoms with E-state index in [4.69, 9.17) is 5.73 Å². The van der Waals surface area contributed by atoms with E-state index in [0.717, 1.165) is 24.2 Å². The molecule has 1 aliphatic rings. The topological polar surface area (TPSA) is 30.9 Å². The Morgan fingerprint density at radius 3 is 2.55 bits per heavy atom. The summed E-state index contributed by atoms with van der Waals surface area (Å²) in [7, 11) is 0. The van der Waals surface area contributed by atoms with E-state index in [-0.39, 0.29) is 17.3 Å². The second kappa shape index (κ2) is 4.45. The Hall–Kier alpha value is -1.61. The molecule has 1 aromatic carbocycles. The normalized spacial score (nSPS) is 20.8. The molecular weight excluding hydrogens is 251 g/mol. The van der Waals surface area contributed by atoms with Crippen molar-refractivity contribution in [2.75, 3.05) is 0 Å². The molecule has 0 saturated heterocycles. The number of nitrogens with zero attached hydrogens (tertiary/aromatic N) is 1. The van der Waals surface area contributed by atoms with E-state index in [1.807, 2.05) is 12.1 Å². The van der Waals surface area contributed by atoms with Crippen molar-refractivity contribution in [3.8, 4) is 5.69 Å². The van der Waals surface area contributed by atoms with Gasteiger partial charge in [-0.2, -0.15) is 0 Å². The predicted molar refractivity (Wildman–Crippen MR) is 79.5 cm³/mol. The van der Waals surface area contributed by atoms with Crippen molar-refractivity contribution >= 4 is 0 Å². The first-order chi connectivity index (χ1) is 9.37. The van der Waals surface area contributed by atoms with Crippen LogP contribution in [0.25, 0.3) is 5.69 Å². The van der Waals surface area contributed by atoms with Crippen molar-refractivity contribution in [2.45, 2.75) is 39.7 Å². The SMILES string of the molecule is Cc1cc2c(n1-c1ccc(F)cc1)CC(C)(C)CC2N. The van der Waals surface area contributed by atoms with Crippen molar-refractivity contribution in [3.05, 3.63) is 53.1 Å². The van der Waals surface area contributed by atoms with Gasteiger partial charge < -0.3 is 10.3 Å². The molecule has 20 heavy (non-hydrogen) atoms. The zero-order valence-corrected chi connectivity index (χ0v) is 12.3. The largest absolute Gasteiger partial charge is 0.324 e. The van der Waals surface area contributed by atoms with Crippen LogP contribution in [0.2, 0.25) is 0 Å². The minimum absolute atomic E-state index is 0.0918. The molecule has 106 valence electrons. The van der Waals surface area contributed by atoms with E-state index in [1.165, 1.54) is 23.4 Å². The van der Waals surface area contributed by atoms with Crippen LogP contribution in [0.1, 0.15) is 43.3 Å². The fourth-order valence-electron chi connectivity index (χ4n) is 3.40. The summed E-state index contributed by atoms with van der Waals surface area (Å²) in [6.07, 6.45) is 2.01. The lowest BCUT2D eigenvalue weighted by molar-refractivity contribution is 0.278. The number of benzene rings is 1. The van der Waals surface area contributed by atoms with Crippen molar-refractivity contribution < 1.29 is 4.39 Å².